The number of aromatic nitrogens is 1. The van der Waals surface area contributed by atoms with Gasteiger partial charge in [0.15, 0.2) is 0 Å². The van der Waals surface area contributed by atoms with Crippen LogP contribution in [-0.2, 0) is 10.0 Å². The van der Waals surface area contributed by atoms with Gasteiger partial charge in [-0.2, -0.15) is 0 Å². The maximum atomic E-state index is 11.1. The molecule has 2 atom stereocenters. The zero-order valence-corrected chi connectivity index (χ0v) is 10.7. The predicted molar refractivity (Wildman–Crippen MR) is 67.7 cm³/mol. The molecule has 0 aliphatic carbocycles. The lowest BCUT2D eigenvalue weighted by Crippen LogP contribution is -2.26. The second-order valence-corrected chi connectivity index (χ2v) is 6.54. The van der Waals surface area contributed by atoms with Gasteiger partial charge < -0.3 is 10.2 Å². The number of nitrogens with two attached hydrogens (primary N) is 1. The molecule has 0 spiro atoms. The van der Waals surface area contributed by atoms with Crippen molar-refractivity contribution in [3.63, 3.8) is 0 Å². The van der Waals surface area contributed by atoms with Crippen molar-refractivity contribution in [3.05, 3.63) is 18.3 Å². The second kappa shape index (κ2) is 4.18. The van der Waals surface area contributed by atoms with Gasteiger partial charge in [-0.05, 0) is 24.0 Å². The lowest BCUT2D eigenvalue weighted by atomic mass is 10.0. The minimum absolute atomic E-state index is 0.0623. The normalized spacial score (nSPS) is 27.5. The van der Waals surface area contributed by atoms with E-state index in [1.807, 2.05) is 0 Å². The molecule has 0 radical (unpaired) electrons. The number of nitrogens with one attached hydrogen (secondary N) is 1. The number of hydrogen-bond acceptors (Lipinski definition) is 5. The minimum Gasteiger partial charge on any atom is -0.356 e. The van der Waals surface area contributed by atoms with Crippen LogP contribution in [0.15, 0.2) is 23.2 Å². The lowest BCUT2D eigenvalue weighted by Gasteiger charge is -2.18. The zero-order valence-electron chi connectivity index (χ0n) is 9.91. The molecule has 1 aromatic rings. The van der Waals surface area contributed by atoms with Crippen LogP contribution >= 0.6 is 0 Å². The van der Waals surface area contributed by atoms with Gasteiger partial charge in [-0.25, -0.2) is 18.5 Å². The largest absolute Gasteiger partial charge is 0.356 e. The van der Waals surface area contributed by atoms with Gasteiger partial charge in [-0.15, -0.1) is 0 Å². The first-order valence-corrected chi connectivity index (χ1v) is 7.53. The predicted octanol–water partition coefficient (Wildman–Crippen LogP) is -0.615. The van der Waals surface area contributed by atoms with Crippen molar-refractivity contribution in [2.24, 2.45) is 17.0 Å². The molecule has 0 bridgehead atoms. The number of hydrogen-bond donors (Lipinski definition) is 2. The van der Waals surface area contributed by atoms with Gasteiger partial charge in [0, 0.05) is 32.4 Å². The molecule has 7 heteroatoms. The molecule has 2 aliphatic heterocycles. The standard InChI is InChI=1S/C11H16N4O2S/c12-18(16,17)10-1-2-11(14-5-10)15-6-8-3-13-4-9(8)7-15/h1-2,5,8-9,13H,3-4,6-7H2,(H2,12,16,17). The molecule has 2 saturated heterocycles. The van der Waals surface area contributed by atoms with E-state index in [0.29, 0.717) is 11.8 Å². The molecule has 2 unspecified atom stereocenters. The molecule has 0 aromatic carbocycles. The molecule has 6 nitrogen and oxygen atoms in total. The lowest BCUT2D eigenvalue weighted by molar-refractivity contribution is 0.533. The smallest absolute Gasteiger partial charge is 0.239 e. The number of anilines is 1. The van der Waals surface area contributed by atoms with Crippen LogP contribution in [0.25, 0.3) is 0 Å². The third-order valence-corrected chi connectivity index (χ3v) is 4.66. The Balaban J connectivity index is 1.78. The Kier molecular flexibility index (Phi) is 2.76. The van der Waals surface area contributed by atoms with E-state index in [-0.39, 0.29) is 4.90 Å². The quantitative estimate of drug-likeness (QED) is 0.746. The van der Waals surface area contributed by atoms with Crippen molar-refractivity contribution in [2.75, 3.05) is 31.1 Å². The molecule has 3 heterocycles. The Morgan fingerprint density at radius 3 is 2.44 bits per heavy atom. The third-order valence-electron chi connectivity index (χ3n) is 3.76. The van der Waals surface area contributed by atoms with Crippen LogP contribution in [-0.4, -0.2) is 39.6 Å². The Morgan fingerprint density at radius 1 is 1.28 bits per heavy atom. The highest BCUT2D eigenvalue weighted by Crippen LogP contribution is 2.29. The summed E-state index contributed by atoms with van der Waals surface area (Å²) in [5.41, 5.74) is 0. The van der Waals surface area contributed by atoms with Crippen molar-refractivity contribution in [1.82, 2.24) is 10.3 Å². The minimum atomic E-state index is -3.65. The summed E-state index contributed by atoms with van der Waals surface area (Å²) in [6.07, 6.45) is 1.33. The third kappa shape index (κ3) is 2.09. The number of sulfonamides is 1. The monoisotopic (exact) mass is 268 g/mol. The number of pyridine rings is 1. The zero-order chi connectivity index (χ0) is 12.8. The topological polar surface area (TPSA) is 88.3 Å². The molecule has 2 fully saturated rings. The van der Waals surface area contributed by atoms with E-state index < -0.39 is 10.0 Å². The molecule has 18 heavy (non-hydrogen) atoms. The van der Waals surface area contributed by atoms with Gasteiger partial charge >= 0.3 is 0 Å². The fourth-order valence-electron chi connectivity index (χ4n) is 2.77. The SMILES string of the molecule is NS(=O)(=O)c1ccc(N2CC3CNCC3C2)nc1. The van der Waals surface area contributed by atoms with Crippen LogP contribution in [0, 0.1) is 11.8 Å². The Labute approximate surface area is 106 Å². The number of nitrogens with zero attached hydrogens (tertiary/aromatic N) is 2. The Hall–Kier alpha value is -1.18. The van der Waals surface area contributed by atoms with E-state index in [1.165, 1.54) is 12.3 Å². The Morgan fingerprint density at radius 2 is 1.94 bits per heavy atom. The van der Waals surface area contributed by atoms with Crippen molar-refractivity contribution in [1.29, 1.82) is 0 Å². The molecule has 3 N–H and O–H groups in total. The first kappa shape index (κ1) is 11.9. The van der Waals surface area contributed by atoms with E-state index in [9.17, 15) is 8.42 Å². The van der Waals surface area contributed by atoms with Gasteiger partial charge in [-0.1, -0.05) is 0 Å². The van der Waals surface area contributed by atoms with E-state index in [1.54, 1.807) is 6.07 Å². The van der Waals surface area contributed by atoms with Gasteiger partial charge in [0.05, 0.1) is 0 Å². The fraction of sp³-hybridized carbons (Fsp3) is 0.545. The summed E-state index contributed by atoms with van der Waals surface area (Å²) < 4.78 is 22.3. The maximum Gasteiger partial charge on any atom is 0.239 e. The first-order chi connectivity index (χ1) is 8.54. The van der Waals surface area contributed by atoms with E-state index >= 15 is 0 Å². The number of fused-ring (bicyclic) bond motifs is 1. The van der Waals surface area contributed by atoms with E-state index in [2.05, 4.69) is 15.2 Å². The van der Waals surface area contributed by atoms with Gasteiger partial charge in [-0.3, -0.25) is 0 Å². The summed E-state index contributed by atoms with van der Waals surface area (Å²) in [5, 5.41) is 8.43. The van der Waals surface area contributed by atoms with Crippen LogP contribution in [0.4, 0.5) is 5.82 Å². The fourth-order valence-corrected chi connectivity index (χ4v) is 3.23. The van der Waals surface area contributed by atoms with Gasteiger partial charge in [0.2, 0.25) is 10.0 Å². The summed E-state index contributed by atoms with van der Waals surface area (Å²) in [7, 11) is -3.65. The van der Waals surface area contributed by atoms with E-state index in [4.69, 9.17) is 5.14 Å². The molecule has 0 saturated carbocycles. The highest BCUT2D eigenvalue weighted by molar-refractivity contribution is 7.89. The van der Waals surface area contributed by atoms with Gasteiger partial charge in [0.1, 0.15) is 10.7 Å². The van der Waals surface area contributed by atoms with Crippen LogP contribution < -0.4 is 15.4 Å². The van der Waals surface area contributed by atoms with Crippen LogP contribution in [0.5, 0.6) is 0 Å². The highest BCUT2D eigenvalue weighted by Gasteiger charge is 2.36. The Bertz CT molecular complexity index is 531. The summed E-state index contributed by atoms with van der Waals surface area (Å²) in [4.78, 5) is 6.47. The van der Waals surface area contributed by atoms with Gasteiger partial charge in [0.25, 0.3) is 0 Å². The highest BCUT2D eigenvalue weighted by atomic mass is 32.2. The molecule has 0 amide bonds. The van der Waals surface area contributed by atoms with Crippen molar-refractivity contribution < 1.29 is 8.42 Å². The van der Waals surface area contributed by atoms with Crippen LogP contribution in [0.3, 0.4) is 0 Å². The summed E-state index contributed by atoms with van der Waals surface area (Å²) in [6.45, 7) is 4.10. The summed E-state index contributed by atoms with van der Waals surface area (Å²) in [5.74, 6) is 2.20. The first-order valence-electron chi connectivity index (χ1n) is 5.98. The van der Waals surface area contributed by atoms with Crippen molar-refractivity contribution in [3.8, 4) is 0 Å². The number of primary sulfonamides is 1. The molecule has 1 aromatic heterocycles. The number of rotatable bonds is 2. The summed E-state index contributed by atoms with van der Waals surface area (Å²) in [6, 6.07) is 3.25. The van der Waals surface area contributed by atoms with E-state index in [0.717, 1.165) is 32.0 Å². The molecule has 98 valence electrons. The second-order valence-electron chi connectivity index (χ2n) is 4.98. The maximum absolute atomic E-state index is 11.1. The van der Waals surface area contributed by atoms with Crippen molar-refractivity contribution in [2.45, 2.75) is 4.90 Å². The van der Waals surface area contributed by atoms with Crippen molar-refractivity contribution >= 4 is 15.8 Å². The van der Waals surface area contributed by atoms with Crippen LogP contribution in [0.2, 0.25) is 0 Å². The molecule has 3 rings (SSSR count). The molecule has 2 aliphatic rings. The summed E-state index contributed by atoms with van der Waals surface area (Å²) >= 11 is 0. The average Bonchev–Trinajstić information content (AvgIpc) is 2.88. The average molecular weight is 268 g/mol. The molecular formula is C11H16N4O2S. The van der Waals surface area contributed by atoms with Crippen LogP contribution in [0.1, 0.15) is 0 Å². The molecular weight excluding hydrogens is 252 g/mol.